The van der Waals surface area contributed by atoms with Gasteiger partial charge in [0.1, 0.15) is 0 Å². The Bertz CT molecular complexity index is 595. The normalized spacial score (nSPS) is 18.5. The number of hydrogen-bond acceptors (Lipinski definition) is 3. The first-order chi connectivity index (χ1) is 9.31. The van der Waals surface area contributed by atoms with Crippen LogP contribution in [0.4, 0.5) is 5.69 Å². The van der Waals surface area contributed by atoms with Gasteiger partial charge in [0.2, 0.25) is 0 Å². The molecule has 1 unspecified atom stereocenters. The third-order valence-corrected chi connectivity index (χ3v) is 3.78. The summed E-state index contributed by atoms with van der Waals surface area (Å²) in [6.07, 6.45) is 4.35. The van der Waals surface area contributed by atoms with Gasteiger partial charge >= 0.3 is 0 Å². The Balaban J connectivity index is 2.11. The lowest BCUT2D eigenvalue weighted by Crippen LogP contribution is -2.17. The fraction of sp³-hybridized carbons (Fsp3) is 0.438. The molecule has 0 spiro atoms. The molecule has 0 fully saturated rings. The predicted molar refractivity (Wildman–Crippen MR) is 78.1 cm³/mol. The first kappa shape index (κ1) is 12.4. The van der Waals surface area contributed by atoms with E-state index in [9.17, 15) is 0 Å². The van der Waals surface area contributed by atoms with Crippen molar-refractivity contribution in [3.63, 3.8) is 0 Å². The molecule has 1 atom stereocenters. The molecule has 3 nitrogen and oxygen atoms in total. The summed E-state index contributed by atoms with van der Waals surface area (Å²) in [5, 5.41) is 1.05. The molecule has 1 aliphatic carbocycles. The van der Waals surface area contributed by atoms with Gasteiger partial charge in [-0.25, -0.2) is 0 Å². The number of aryl methyl sites for hydroxylation is 1. The van der Waals surface area contributed by atoms with Gasteiger partial charge in [0.25, 0.3) is 0 Å². The van der Waals surface area contributed by atoms with E-state index in [1.165, 1.54) is 0 Å². The van der Waals surface area contributed by atoms with Crippen LogP contribution in [0.1, 0.15) is 43.5 Å². The van der Waals surface area contributed by atoms with Crippen LogP contribution in [0.15, 0.2) is 24.3 Å². The minimum absolute atomic E-state index is 0.126. The highest BCUT2D eigenvalue weighted by Crippen LogP contribution is 2.38. The number of aromatic nitrogens is 1. The van der Waals surface area contributed by atoms with Crippen LogP contribution < -0.4 is 5.73 Å². The van der Waals surface area contributed by atoms with E-state index in [1.54, 1.807) is 0 Å². The molecule has 2 aromatic rings. The lowest BCUT2D eigenvalue weighted by atomic mass is 9.90. The summed E-state index contributed by atoms with van der Waals surface area (Å²) in [5.74, 6) is 0. The lowest BCUT2D eigenvalue weighted by molar-refractivity contribution is 0.0413. The van der Waals surface area contributed by atoms with Crippen molar-refractivity contribution in [1.29, 1.82) is 0 Å². The quantitative estimate of drug-likeness (QED) is 0.912. The second-order valence-electron chi connectivity index (χ2n) is 5.15. The van der Waals surface area contributed by atoms with E-state index in [0.29, 0.717) is 0 Å². The van der Waals surface area contributed by atoms with Gasteiger partial charge in [-0.2, -0.15) is 0 Å². The minimum Gasteiger partial charge on any atom is -0.398 e. The number of fused-ring (bicyclic) bond motifs is 2. The molecule has 100 valence electrons. The van der Waals surface area contributed by atoms with Crippen LogP contribution in [-0.4, -0.2) is 11.6 Å². The Labute approximate surface area is 113 Å². The minimum atomic E-state index is 0.126. The van der Waals surface area contributed by atoms with Crippen molar-refractivity contribution in [2.45, 2.75) is 38.7 Å². The summed E-state index contributed by atoms with van der Waals surface area (Å²) in [6.45, 7) is 2.92. The van der Waals surface area contributed by atoms with Gasteiger partial charge in [0.15, 0.2) is 0 Å². The highest BCUT2D eigenvalue weighted by Gasteiger charge is 2.25. The van der Waals surface area contributed by atoms with E-state index in [2.05, 4.69) is 6.92 Å². The van der Waals surface area contributed by atoms with Gasteiger partial charge in [-0.15, -0.1) is 0 Å². The summed E-state index contributed by atoms with van der Waals surface area (Å²) in [5.41, 5.74) is 10.5. The topological polar surface area (TPSA) is 48.1 Å². The van der Waals surface area contributed by atoms with Crippen molar-refractivity contribution in [1.82, 2.24) is 4.98 Å². The first-order valence-electron chi connectivity index (χ1n) is 7.10. The maximum atomic E-state index is 6.38. The van der Waals surface area contributed by atoms with Crippen molar-refractivity contribution in [2.24, 2.45) is 0 Å². The summed E-state index contributed by atoms with van der Waals surface area (Å²) in [7, 11) is 0. The molecule has 0 bridgehead atoms. The number of nitrogens with two attached hydrogens (primary N) is 1. The smallest absolute Gasteiger partial charge is 0.0863 e. The van der Waals surface area contributed by atoms with Crippen molar-refractivity contribution in [3.05, 3.63) is 35.5 Å². The average Bonchev–Trinajstić information content (AvgIpc) is 2.45. The summed E-state index contributed by atoms with van der Waals surface area (Å²) < 4.78 is 5.97. The standard InChI is InChI=1S/C16H20N2O/c1-2-10-19-14-9-5-8-13-15(14)16(17)11-6-3-4-7-12(11)18-13/h3-4,6-7,14H,2,5,8-10H2,1H3,(H2,17,18). The van der Waals surface area contributed by atoms with E-state index in [0.717, 1.165) is 60.1 Å². The molecule has 0 radical (unpaired) electrons. The number of pyridine rings is 1. The molecule has 0 amide bonds. The second kappa shape index (κ2) is 5.17. The summed E-state index contributed by atoms with van der Waals surface area (Å²) in [4.78, 5) is 4.77. The summed E-state index contributed by atoms with van der Waals surface area (Å²) >= 11 is 0. The molecule has 1 aromatic carbocycles. The Morgan fingerprint density at radius 3 is 3.05 bits per heavy atom. The van der Waals surface area contributed by atoms with E-state index in [-0.39, 0.29) is 6.10 Å². The molecule has 1 heterocycles. The Hall–Kier alpha value is -1.61. The van der Waals surface area contributed by atoms with Crippen molar-refractivity contribution >= 4 is 16.6 Å². The number of benzene rings is 1. The maximum absolute atomic E-state index is 6.38. The summed E-state index contributed by atoms with van der Waals surface area (Å²) in [6, 6.07) is 8.10. The molecule has 1 aliphatic rings. The number of ether oxygens (including phenoxy) is 1. The fourth-order valence-electron chi connectivity index (χ4n) is 2.88. The van der Waals surface area contributed by atoms with Crippen LogP contribution in [0, 0.1) is 0 Å². The molecular weight excluding hydrogens is 236 g/mol. The molecule has 19 heavy (non-hydrogen) atoms. The van der Waals surface area contributed by atoms with Gasteiger partial charge < -0.3 is 10.5 Å². The van der Waals surface area contributed by atoms with E-state index in [4.69, 9.17) is 15.5 Å². The first-order valence-corrected chi connectivity index (χ1v) is 7.10. The van der Waals surface area contributed by atoms with E-state index in [1.807, 2.05) is 24.3 Å². The van der Waals surface area contributed by atoms with Gasteiger partial charge in [0, 0.05) is 28.9 Å². The number of para-hydroxylation sites is 1. The largest absolute Gasteiger partial charge is 0.398 e. The molecule has 2 N–H and O–H groups in total. The highest BCUT2D eigenvalue weighted by molar-refractivity contribution is 5.92. The van der Waals surface area contributed by atoms with Crippen LogP contribution in [0.2, 0.25) is 0 Å². The lowest BCUT2D eigenvalue weighted by Gasteiger charge is -2.27. The zero-order chi connectivity index (χ0) is 13.2. The number of hydrogen-bond donors (Lipinski definition) is 1. The molecule has 1 aromatic heterocycles. The average molecular weight is 256 g/mol. The fourth-order valence-corrected chi connectivity index (χ4v) is 2.88. The van der Waals surface area contributed by atoms with Crippen molar-refractivity contribution in [2.75, 3.05) is 12.3 Å². The Kier molecular flexibility index (Phi) is 3.38. The third kappa shape index (κ3) is 2.19. The maximum Gasteiger partial charge on any atom is 0.0863 e. The van der Waals surface area contributed by atoms with E-state index >= 15 is 0 Å². The number of anilines is 1. The van der Waals surface area contributed by atoms with Gasteiger partial charge in [0.05, 0.1) is 11.6 Å². The van der Waals surface area contributed by atoms with Crippen molar-refractivity contribution < 1.29 is 4.74 Å². The SMILES string of the molecule is CCCOC1CCCc2nc3ccccc3c(N)c21. The number of nitrogen functional groups attached to an aromatic ring is 1. The van der Waals surface area contributed by atoms with Gasteiger partial charge in [-0.3, -0.25) is 4.98 Å². The monoisotopic (exact) mass is 256 g/mol. The predicted octanol–water partition coefficient (Wildman–Crippen LogP) is 3.62. The number of rotatable bonds is 3. The Morgan fingerprint density at radius 1 is 1.37 bits per heavy atom. The zero-order valence-electron chi connectivity index (χ0n) is 11.4. The van der Waals surface area contributed by atoms with Crippen LogP contribution in [0.5, 0.6) is 0 Å². The van der Waals surface area contributed by atoms with Crippen LogP contribution in [-0.2, 0) is 11.2 Å². The van der Waals surface area contributed by atoms with Crippen molar-refractivity contribution in [3.8, 4) is 0 Å². The highest BCUT2D eigenvalue weighted by atomic mass is 16.5. The van der Waals surface area contributed by atoms with E-state index < -0.39 is 0 Å². The second-order valence-corrected chi connectivity index (χ2v) is 5.15. The molecular formula is C16H20N2O. The molecule has 3 heteroatoms. The van der Waals surface area contributed by atoms with Gasteiger partial charge in [-0.05, 0) is 31.7 Å². The van der Waals surface area contributed by atoms with Crippen LogP contribution >= 0.6 is 0 Å². The number of nitrogens with zero attached hydrogens (tertiary/aromatic N) is 1. The zero-order valence-corrected chi connectivity index (χ0v) is 11.4. The third-order valence-electron chi connectivity index (χ3n) is 3.78. The molecule has 3 rings (SSSR count). The Morgan fingerprint density at radius 2 is 2.21 bits per heavy atom. The molecule has 0 saturated carbocycles. The molecule has 0 saturated heterocycles. The van der Waals surface area contributed by atoms with Crippen LogP contribution in [0.25, 0.3) is 10.9 Å². The van der Waals surface area contributed by atoms with Crippen LogP contribution in [0.3, 0.4) is 0 Å². The molecule has 0 aliphatic heterocycles. The van der Waals surface area contributed by atoms with Gasteiger partial charge in [-0.1, -0.05) is 25.1 Å².